The first-order chi connectivity index (χ1) is 15.8. The van der Waals surface area contributed by atoms with Gasteiger partial charge in [-0.1, -0.05) is 48.5 Å². The minimum absolute atomic E-state index is 0.0126. The van der Waals surface area contributed by atoms with Crippen LogP contribution >= 0.6 is 0 Å². The van der Waals surface area contributed by atoms with Crippen molar-refractivity contribution in [2.75, 3.05) is 6.61 Å². The highest BCUT2D eigenvalue weighted by Gasteiger charge is 2.53. The van der Waals surface area contributed by atoms with Crippen LogP contribution in [0.2, 0.25) is 0 Å². The lowest BCUT2D eigenvalue weighted by Gasteiger charge is -2.31. The topological polar surface area (TPSA) is 105 Å². The van der Waals surface area contributed by atoms with Crippen molar-refractivity contribution >= 4 is 18.0 Å². The molecule has 3 N–H and O–H groups in total. The van der Waals surface area contributed by atoms with Crippen LogP contribution in [0.3, 0.4) is 0 Å². The minimum atomic E-state index is -1.13. The number of amides is 2. The number of hydrogen-bond donors (Lipinski definition) is 3. The molecule has 7 nitrogen and oxygen atoms in total. The van der Waals surface area contributed by atoms with Gasteiger partial charge in [0.25, 0.3) is 0 Å². The molecule has 0 aromatic heterocycles. The lowest BCUT2D eigenvalue weighted by atomic mass is 9.93. The number of nitrogens with one attached hydrogen (secondary N) is 2. The molecule has 172 valence electrons. The molecule has 0 bridgehead atoms. The molecule has 0 heterocycles. The molecule has 2 saturated carbocycles. The maximum Gasteiger partial charge on any atom is 0.408 e. The summed E-state index contributed by atoms with van der Waals surface area (Å²) in [6, 6.07) is 16.2. The van der Waals surface area contributed by atoms with Crippen molar-refractivity contribution in [1.29, 1.82) is 0 Å². The smallest absolute Gasteiger partial charge is 0.408 e. The highest BCUT2D eigenvalue weighted by Crippen LogP contribution is 2.45. The third-order valence-corrected chi connectivity index (χ3v) is 7.29. The zero-order chi connectivity index (χ0) is 23.2. The van der Waals surface area contributed by atoms with E-state index in [1.807, 2.05) is 24.3 Å². The molecule has 1 atom stereocenters. The van der Waals surface area contributed by atoms with Gasteiger partial charge in [-0.15, -0.1) is 0 Å². The second-order valence-corrected chi connectivity index (χ2v) is 9.73. The Morgan fingerprint density at radius 3 is 2.12 bits per heavy atom. The van der Waals surface area contributed by atoms with E-state index in [4.69, 9.17) is 9.84 Å². The van der Waals surface area contributed by atoms with E-state index in [9.17, 15) is 14.4 Å². The molecule has 7 heteroatoms. The van der Waals surface area contributed by atoms with E-state index in [-0.39, 0.29) is 30.8 Å². The summed E-state index contributed by atoms with van der Waals surface area (Å²) >= 11 is 0. The monoisotopic (exact) mass is 448 g/mol. The van der Waals surface area contributed by atoms with Gasteiger partial charge in [-0.05, 0) is 60.8 Å². The average Bonchev–Trinajstić information content (AvgIpc) is 3.71. The Balaban J connectivity index is 1.26. The molecular formula is C26H28N2O5. The molecule has 2 aromatic rings. The van der Waals surface area contributed by atoms with Gasteiger partial charge in [0.2, 0.25) is 5.91 Å². The number of ether oxygens (including phenoxy) is 1. The molecule has 3 aliphatic carbocycles. The fourth-order valence-electron chi connectivity index (χ4n) is 5.01. The number of carbonyl (C=O) groups excluding carboxylic acids is 2. The van der Waals surface area contributed by atoms with Crippen molar-refractivity contribution in [3.8, 4) is 11.1 Å². The molecule has 1 unspecified atom stereocenters. The van der Waals surface area contributed by atoms with Crippen LogP contribution in [0.5, 0.6) is 0 Å². The summed E-state index contributed by atoms with van der Waals surface area (Å²) in [5.74, 6) is -1.32. The second kappa shape index (κ2) is 7.90. The quantitative estimate of drug-likeness (QED) is 0.570. The largest absolute Gasteiger partial charge is 0.481 e. The highest BCUT2D eigenvalue weighted by molar-refractivity contribution is 5.91. The minimum Gasteiger partial charge on any atom is -0.481 e. The number of fused-ring (bicyclic) bond motifs is 3. The fraction of sp³-hybridized carbons (Fsp3) is 0.423. The maximum absolute atomic E-state index is 13.1. The molecule has 2 amide bonds. The van der Waals surface area contributed by atoms with E-state index in [0.29, 0.717) is 12.8 Å². The van der Waals surface area contributed by atoms with Gasteiger partial charge in [-0.25, -0.2) is 4.79 Å². The van der Waals surface area contributed by atoms with E-state index >= 15 is 0 Å². The number of carboxylic acids is 1. The van der Waals surface area contributed by atoms with Gasteiger partial charge in [0.05, 0.1) is 12.0 Å². The zero-order valence-corrected chi connectivity index (χ0v) is 18.6. The SMILES string of the molecule is CC(NC(=O)OCC1c2ccccc2-c2ccccc21)(C(=O)NC1(CC(=O)O)CC1)C1CC1. The van der Waals surface area contributed by atoms with Crippen LogP contribution in [-0.4, -0.2) is 40.8 Å². The zero-order valence-electron chi connectivity index (χ0n) is 18.6. The number of benzene rings is 2. The summed E-state index contributed by atoms with van der Waals surface area (Å²) in [5.41, 5.74) is 2.73. The molecule has 2 aromatic carbocycles. The number of aliphatic carboxylic acids is 1. The van der Waals surface area contributed by atoms with Crippen molar-refractivity contribution in [3.05, 3.63) is 59.7 Å². The molecule has 33 heavy (non-hydrogen) atoms. The molecular weight excluding hydrogens is 420 g/mol. The predicted molar refractivity (Wildman–Crippen MR) is 122 cm³/mol. The van der Waals surface area contributed by atoms with Gasteiger partial charge in [0.15, 0.2) is 0 Å². The maximum atomic E-state index is 13.1. The highest BCUT2D eigenvalue weighted by atomic mass is 16.5. The lowest BCUT2D eigenvalue weighted by molar-refractivity contribution is -0.138. The molecule has 2 fully saturated rings. The molecule has 0 radical (unpaired) electrons. The van der Waals surface area contributed by atoms with Crippen molar-refractivity contribution in [1.82, 2.24) is 10.6 Å². The summed E-state index contributed by atoms with van der Waals surface area (Å²) in [6.07, 6.45) is 2.20. The normalized spacial score (nSPS) is 19.5. The van der Waals surface area contributed by atoms with Gasteiger partial charge in [0.1, 0.15) is 12.1 Å². The third-order valence-electron chi connectivity index (χ3n) is 7.29. The summed E-state index contributed by atoms with van der Waals surface area (Å²) in [5, 5.41) is 14.9. The standard InChI is InChI=1S/C26H28N2O5/c1-25(16-10-11-16,23(31)27-26(12-13-26)14-22(29)30)28-24(32)33-15-21-19-8-4-2-6-17(19)18-7-3-5-9-20(18)21/h2-9,16,21H,10-15H2,1H3,(H,27,31)(H,28,32)(H,29,30). The third kappa shape index (κ3) is 4.08. The first-order valence-electron chi connectivity index (χ1n) is 11.5. The Morgan fingerprint density at radius 1 is 1.03 bits per heavy atom. The first kappa shape index (κ1) is 21.5. The van der Waals surface area contributed by atoms with Crippen LogP contribution in [0.1, 0.15) is 56.1 Å². The average molecular weight is 449 g/mol. The number of carboxylic acid groups (broad SMARTS) is 1. The first-order valence-corrected chi connectivity index (χ1v) is 11.5. The van der Waals surface area contributed by atoms with Crippen LogP contribution in [0.4, 0.5) is 4.79 Å². The predicted octanol–water partition coefficient (Wildman–Crippen LogP) is 3.82. The van der Waals surface area contributed by atoms with Crippen LogP contribution in [0.15, 0.2) is 48.5 Å². The Hall–Kier alpha value is -3.35. The van der Waals surface area contributed by atoms with Crippen molar-refractivity contribution in [2.45, 2.75) is 56.0 Å². The summed E-state index contributed by atoms with van der Waals surface area (Å²) in [6.45, 7) is 1.88. The Morgan fingerprint density at radius 2 is 1.61 bits per heavy atom. The van der Waals surface area contributed by atoms with Gasteiger partial charge < -0.3 is 20.5 Å². The lowest BCUT2D eigenvalue weighted by Crippen LogP contribution is -2.60. The Kier molecular flexibility index (Phi) is 5.15. The second-order valence-electron chi connectivity index (χ2n) is 9.73. The number of rotatable bonds is 8. The number of carbonyl (C=O) groups is 3. The van der Waals surface area contributed by atoms with Crippen LogP contribution in [0, 0.1) is 5.92 Å². The molecule has 0 saturated heterocycles. The van der Waals surface area contributed by atoms with Crippen LogP contribution in [-0.2, 0) is 14.3 Å². The van der Waals surface area contributed by atoms with Gasteiger partial charge in [0, 0.05) is 5.92 Å². The summed E-state index contributed by atoms with van der Waals surface area (Å²) in [4.78, 5) is 37.1. The number of hydrogen-bond acceptors (Lipinski definition) is 4. The molecule has 0 aliphatic heterocycles. The van der Waals surface area contributed by atoms with E-state index in [2.05, 4.69) is 34.9 Å². The van der Waals surface area contributed by atoms with E-state index in [1.165, 1.54) is 0 Å². The van der Waals surface area contributed by atoms with Gasteiger partial charge in [-0.2, -0.15) is 0 Å². The Bertz CT molecular complexity index is 1080. The number of alkyl carbamates (subject to hydrolysis) is 1. The molecule has 3 aliphatic rings. The van der Waals surface area contributed by atoms with Crippen molar-refractivity contribution in [2.24, 2.45) is 5.92 Å². The van der Waals surface area contributed by atoms with E-state index in [1.54, 1.807) is 6.92 Å². The summed E-state index contributed by atoms with van der Waals surface area (Å²) in [7, 11) is 0. The Labute approximate surface area is 192 Å². The van der Waals surface area contributed by atoms with Gasteiger partial charge in [-0.3, -0.25) is 9.59 Å². The fourth-order valence-corrected chi connectivity index (χ4v) is 5.01. The van der Waals surface area contributed by atoms with Crippen LogP contribution in [0.25, 0.3) is 11.1 Å². The van der Waals surface area contributed by atoms with Crippen molar-refractivity contribution in [3.63, 3.8) is 0 Å². The molecule has 0 spiro atoms. The van der Waals surface area contributed by atoms with Gasteiger partial charge >= 0.3 is 12.1 Å². The van der Waals surface area contributed by atoms with E-state index in [0.717, 1.165) is 35.1 Å². The van der Waals surface area contributed by atoms with Crippen LogP contribution < -0.4 is 10.6 Å². The molecule has 5 rings (SSSR count). The summed E-state index contributed by atoms with van der Waals surface area (Å²) < 4.78 is 5.65. The van der Waals surface area contributed by atoms with E-state index < -0.39 is 23.1 Å². The van der Waals surface area contributed by atoms with Crippen molar-refractivity contribution < 1.29 is 24.2 Å².